The first kappa shape index (κ1) is 22.9. The lowest BCUT2D eigenvalue weighted by Gasteiger charge is -2.25. The van der Waals surface area contributed by atoms with Crippen LogP contribution in [0, 0.1) is 5.92 Å². The van der Waals surface area contributed by atoms with E-state index in [0.717, 1.165) is 11.1 Å². The number of ether oxygens (including phenoxy) is 2. The van der Waals surface area contributed by atoms with E-state index in [1.807, 2.05) is 48.5 Å². The predicted molar refractivity (Wildman–Crippen MR) is 114 cm³/mol. The van der Waals surface area contributed by atoms with Gasteiger partial charge in [0.2, 0.25) is 10.0 Å². The van der Waals surface area contributed by atoms with Crippen molar-refractivity contribution >= 4 is 10.0 Å². The zero-order valence-electron chi connectivity index (χ0n) is 17.0. The van der Waals surface area contributed by atoms with Gasteiger partial charge in [0, 0.05) is 25.6 Å². The van der Waals surface area contributed by atoms with Gasteiger partial charge < -0.3 is 14.6 Å². The molecule has 2 rings (SSSR count). The van der Waals surface area contributed by atoms with E-state index in [4.69, 9.17) is 9.47 Å². The van der Waals surface area contributed by atoms with Crippen LogP contribution in [0.4, 0.5) is 0 Å². The van der Waals surface area contributed by atoms with Crippen LogP contribution < -0.4 is 9.47 Å². The normalized spacial score (nSPS) is 12.6. The number of aliphatic hydroxyl groups excluding tert-OH is 1. The van der Waals surface area contributed by atoms with Gasteiger partial charge in [-0.3, -0.25) is 0 Å². The van der Waals surface area contributed by atoms with E-state index in [0.29, 0.717) is 17.9 Å². The zero-order valence-corrected chi connectivity index (χ0v) is 17.8. The summed E-state index contributed by atoms with van der Waals surface area (Å²) in [5.74, 6) is 0.906. The summed E-state index contributed by atoms with van der Waals surface area (Å²) in [5, 5.41) is 9.54. The average molecular weight is 420 g/mol. The summed E-state index contributed by atoms with van der Waals surface area (Å²) in [5.41, 5.74) is 1.71. The van der Waals surface area contributed by atoms with Gasteiger partial charge in [-0.05, 0) is 41.8 Å². The highest BCUT2D eigenvalue weighted by molar-refractivity contribution is 7.89. The van der Waals surface area contributed by atoms with Gasteiger partial charge in [-0.25, -0.2) is 8.42 Å². The third-order valence-electron chi connectivity index (χ3n) is 4.63. The molecule has 1 atom stereocenters. The number of sulfonamides is 1. The Morgan fingerprint density at radius 1 is 0.966 bits per heavy atom. The third kappa shape index (κ3) is 6.88. The summed E-state index contributed by atoms with van der Waals surface area (Å²) in [4.78, 5) is 0. The van der Waals surface area contributed by atoms with Gasteiger partial charge in [-0.15, -0.1) is 6.58 Å². The second kappa shape index (κ2) is 11.0. The van der Waals surface area contributed by atoms with Gasteiger partial charge in [-0.1, -0.05) is 30.3 Å². The Morgan fingerprint density at radius 3 is 1.76 bits per heavy atom. The standard InChI is InChI=1S/C22H29NO5S/c1-4-5-20(16-24)17-29(25,26)23(14-18-6-10-21(27-2)11-7-18)15-19-8-12-22(28-3)13-9-19/h4,6-13,20,24H,1,5,14-17H2,2-3H3/t20-/m1/s1. The first-order chi connectivity index (χ1) is 13.9. The van der Waals surface area contributed by atoms with Crippen LogP contribution in [-0.2, 0) is 23.1 Å². The van der Waals surface area contributed by atoms with Crippen LogP contribution in [0.3, 0.4) is 0 Å². The van der Waals surface area contributed by atoms with Crippen molar-refractivity contribution in [1.82, 2.24) is 4.31 Å². The van der Waals surface area contributed by atoms with Crippen molar-refractivity contribution in [2.45, 2.75) is 19.5 Å². The van der Waals surface area contributed by atoms with Gasteiger partial charge in [0.1, 0.15) is 11.5 Å². The Kier molecular flexibility index (Phi) is 8.70. The quantitative estimate of drug-likeness (QED) is 0.535. The molecule has 7 heteroatoms. The van der Waals surface area contributed by atoms with E-state index in [2.05, 4.69) is 6.58 Å². The van der Waals surface area contributed by atoms with Crippen molar-refractivity contribution in [3.63, 3.8) is 0 Å². The second-order valence-electron chi connectivity index (χ2n) is 6.82. The summed E-state index contributed by atoms with van der Waals surface area (Å²) in [6, 6.07) is 14.6. The molecule has 0 aliphatic carbocycles. The Hall–Kier alpha value is -2.35. The van der Waals surface area contributed by atoms with Crippen molar-refractivity contribution in [3.05, 3.63) is 72.3 Å². The molecular formula is C22H29NO5S. The number of methoxy groups -OCH3 is 2. The summed E-state index contributed by atoms with van der Waals surface area (Å²) in [6.07, 6.45) is 2.07. The summed E-state index contributed by atoms with van der Waals surface area (Å²) in [7, 11) is -0.446. The predicted octanol–water partition coefficient (Wildman–Crippen LogP) is 3.22. The van der Waals surface area contributed by atoms with Crippen molar-refractivity contribution < 1.29 is 23.0 Å². The number of hydrogen-bond acceptors (Lipinski definition) is 5. The van der Waals surface area contributed by atoms with Crippen LogP contribution >= 0.6 is 0 Å². The SMILES string of the molecule is C=CC[C@H](CO)CS(=O)(=O)N(Cc1ccc(OC)cc1)Cc1ccc(OC)cc1. The minimum absolute atomic E-state index is 0.137. The minimum atomic E-state index is -3.62. The molecule has 2 aromatic carbocycles. The van der Waals surface area contributed by atoms with Crippen LogP contribution in [0.5, 0.6) is 11.5 Å². The first-order valence-electron chi connectivity index (χ1n) is 9.37. The number of nitrogens with zero attached hydrogens (tertiary/aromatic N) is 1. The van der Waals surface area contributed by atoms with E-state index in [1.165, 1.54) is 4.31 Å². The van der Waals surface area contributed by atoms with Crippen molar-refractivity contribution in [3.8, 4) is 11.5 Å². The Bertz CT molecular complexity index is 814. The van der Waals surface area contributed by atoms with Gasteiger partial charge in [0.15, 0.2) is 0 Å². The molecule has 158 valence electrons. The number of aliphatic hydroxyl groups is 1. The van der Waals surface area contributed by atoms with Crippen LogP contribution in [0.1, 0.15) is 17.5 Å². The van der Waals surface area contributed by atoms with Crippen molar-refractivity contribution in [1.29, 1.82) is 0 Å². The molecule has 0 aliphatic heterocycles. The van der Waals surface area contributed by atoms with E-state index >= 15 is 0 Å². The molecule has 0 spiro atoms. The Balaban J connectivity index is 2.27. The monoisotopic (exact) mass is 419 g/mol. The fraction of sp³-hybridized carbons (Fsp3) is 0.364. The summed E-state index contributed by atoms with van der Waals surface area (Å²) < 4.78 is 38.1. The number of hydrogen-bond donors (Lipinski definition) is 1. The maximum absolute atomic E-state index is 13.2. The van der Waals surface area contributed by atoms with Crippen LogP contribution in [0.15, 0.2) is 61.2 Å². The molecule has 0 bridgehead atoms. The fourth-order valence-electron chi connectivity index (χ4n) is 2.96. The highest BCUT2D eigenvalue weighted by atomic mass is 32.2. The van der Waals surface area contributed by atoms with Gasteiger partial charge in [0.25, 0.3) is 0 Å². The van der Waals surface area contributed by atoms with Crippen molar-refractivity contribution in [2.24, 2.45) is 5.92 Å². The lowest BCUT2D eigenvalue weighted by molar-refractivity contribution is 0.238. The number of allylic oxidation sites excluding steroid dienone is 1. The molecule has 0 saturated carbocycles. The molecule has 29 heavy (non-hydrogen) atoms. The first-order valence-corrected chi connectivity index (χ1v) is 11.0. The van der Waals surface area contributed by atoms with Gasteiger partial charge in [0.05, 0.1) is 20.0 Å². The molecule has 0 radical (unpaired) electrons. The van der Waals surface area contributed by atoms with Crippen LogP contribution in [-0.4, -0.2) is 44.4 Å². The number of rotatable bonds is 12. The van der Waals surface area contributed by atoms with Crippen molar-refractivity contribution in [2.75, 3.05) is 26.6 Å². The molecule has 0 aliphatic rings. The topological polar surface area (TPSA) is 76.1 Å². The highest BCUT2D eigenvalue weighted by Crippen LogP contribution is 2.21. The lowest BCUT2D eigenvalue weighted by Crippen LogP contribution is -2.35. The molecule has 0 heterocycles. The Labute approximate surface area is 173 Å². The maximum atomic E-state index is 13.2. The molecule has 6 nitrogen and oxygen atoms in total. The van der Waals surface area contributed by atoms with Crippen LogP contribution in [0.2, 0.25) is 0 Å². The average Bonchev–Trinajstić information content (AvgIpc) is 2.73. The largest absolute Gasteiger partial charge is 0.497 e. The molecule has 0 aromatic heterocycles. The molecular weight excluding hydrogens is 390 g/mol. The molecule has 1 N–H and O–H groups in total. The van der Waals surface area contributed by atoms with Gasteiger partial charge >= 0.3 is 0 Å². The third-order valence-corrected chi connectivity index (χ3v) is 6.57. The van der Waals surface area contributed by atoms with Gasteiger partial charge in [-0.2, -0.15) is 4.31 Å². The Morgan fingerprint density at radius 2 is 1.41 bits per heavy atom. The van der Waals surface area contributed by atoms with E-state index in [9.17, 15) is 13.5 Å². The summed E-state index contributed by atoms with van der Waals surface area (Å²) >= 11 is 0. The second-order valence-corrected chi connectivity index (χ2v) is 8.83. The van der Waals surface area contributed by atoms with E-state index in [1.54, 1.807) is 20.3 Å². The molecule has 0 fully saturated rings. The summed E-state index contributed by atoms with van der Waals surface area (Å²) in [6.45, 7) is 3.90. The molecule has 0 unspecified atom stereocenters. The minimum Gasteiger partial charge on any atom is -0.497 e. The highest BCUT2D eigenvalue weighted by Gasteiger charge is 2.26. The zero-order chi connectivity index (χ0) is 21.3. The number of benzene rings is 2. The smallest absolute Gasteiger partial charge is 0.215 e. The van der Waals surface area contributed by atoms with Crippen LogP contribution in [0.25, 0.3) is 0 Å². The van der Waals surface area contributed by atoms with E-state index in [-0.39, 0.29) is 31.4 Å². The molecule has 2 aromatic rings. The lowest BCUT2D eigenvalue weighted by atomic mass is 10.1. The maximum Gasteiger partial charge on any atom is 0.215 e. The molecule has 0 amide bonds. The fourth-order valence-corrected chi connectivity index (χ4v) is 4.70. The molecule has 0 saturated heterocycles. The van der Waals surface area contributed by atoms with E-state index < -0.39 is 10.0 Å².